The molecule has 5 nitrogen and oxygen atoms in total. The quantitative estimate of drug-likeness (QED) is 0.423. The summed E-state index contributed by atoms with van der Waals surface area (Å²) in [6, 6.07) is -0.985. The van der Waals surface area contributed by atoms with Gasteiger partial charge in [-0.05, 0) is 18.2 Å². The number of nitrogens with two attached hydrogens (primary N) is 1. The number of hydrogen-bond donors (Lipinski definition) is 4. The molecule has 0 bridgehead atoms. The normalized spacial score (nSPS) is 25.8. The fraction of sp³-hybridized carbons (Fsp3) is 0.444. The number of hydrogen-bond acceptors (Lipinski definition) is 4. The topological polar surface area (TPSA) is 104 Å². The molecule has 1 rings (SSSR count). The Hall–Kier alpha value is -1.04. The minimum absolute atomic E-state index is 0.0526. The molecule has 0 amide bonds. The monoisotopic (exact) mass is 223 g/mol. The minimum atomic E-state index is -1.07. The molecule has 86 valence electrons. The Labute approximate surface area is 95.2 Å². The third-order valence-electron chi connectivity index (χ3n) is 2.86. The van der Waals surface area contributed by atoms with E-state index in [1.54, 1.807) is 18.2 Å². The van der Waals surface area contributed by atoms with E-state index in [9.17, 15) is 9.82 Å². The number of aliphatic carboxylic acids is 1. The molecule has 0 heterocycles. The largest absolute Gasteiger partial charge is 0.480 e. The van der Waals surface area contributed by atoms with Gasteiger partial charge >= 0.3 is 13.5 Å². The SMILES string of the molecule is NC(CC1(BO)C=CC(BO)=CC1)C(=O)O. The molecule has 5 N–H and O–H groups in total. The van der Waals surface area contributed by atoms with Crippen LogP contribution in [0, 0.1) is 0 Å². The van der Waals surface area contributed by atoms with Gasteiger partial charge in [0.05, 0.1) is 0 Å². The third-order valence-corrected chi connectivity index (χ3v) is 2.86. The Morgan fingerprint density at radius 1 is 1.62 bits per heavy atom. The number of carboxylic acid groups (broad SMARTS) is 1. The molecule has 0 aromatic carbocycles. The van der Waals surface area contributed by atoms with Crippen LogP contribution in [0.5, 0.6) is 0 Å². The highest BCUT2D eigenvalue weighted by Crippen LogP contribution is 2.39. The summed E-state index contributed by atoms with van der Waals surface area (Å²) in [4.78, 5) is 10.7. The molecule has 0 spiro atoms. The molecule has 1 aliphatic rings. The van der Waals surface area contributed by atoms with Crippen LogP contribution in [0.4, 0.5) is 0 Å². The van der Waals surface area contributed by atoms with Crippen LogP contribution >= 0.6 is 0 Å². The average Bonchev–Trinajstić information content (AvgIpc) is 2.29. The number of carboxylic acids is 1. The Morgan fingerprint density at radius 3 is 2.69 bits per heavy atom. The second-order valence-electron chi connectivity index (χ2n) is 4.14. The maximum atomic E-state index is 10.7. The van der Waals surface area contributed by atoms with E-state index in [1.807, 2.05) is 0 Å². The molecule has 7 heteroatoms. The average molecular weight is 223 g/mol. The van der Waals surface area contributed by atoms with E-state index in [4.69, 9.17) is 15.9 Å². The first-order valence-electron chi connectivity index (χ1n) is 5.11. The first kappa shape index (κ1) is 13.0. The standard InChI is InChI=1S/C9H15B2NO4/c12-7(8(13)14)5-9(11-16)3-1-6(10-15)2-4-9/h1-3,7,10-11,15-16H,4-5,12H2,(H,13,14). The molecule has 0 fully saturated rings. The molecule has 0 saturated heterocycles. The lowest BCUT2D eigenvalue weighted by Crippen LogP contribution is -2.36. The molecule has 0 aliphatic heterocycles. The smallest absolute Gasteiger partial charge is 0.320 e. The Kier molecular flexibility index (Phi) is 4.35. The summed E-state index contributed by atoms with van der Waals surface area (Å²) in [5.41, 5.74) is 6.23. The zero-order valence-electron chi connectivity index (χ0n) is 8.97. The first-order chi connectivity index (χ1) is 7.53. The highest BCUT2D eigenvalue weighted by atomic mass is 16.4. The van der Waals surface area contributed by atoms with Gasteiger partial charge in [0.2, 0.25) is 0 Å². The van der Waals surface area contributed by atoms with Crippen LogP contribution in [0.3, 0.4) is 0 Å². The zero-order valence-corrected chi connectivity index (χ0v) is 8.97. The van der Waals surface area contributed by atoms with Crippen molar-refractivity contribution in [1.29, 1.82) is 0 Å². The van der Waals surface area contributed by atoms with Gasteiger partial charge in [-0.15, -0.1) is 0 Å². The molecule has 0 saturated carbocycles. The van der Waals surface area contributed by atoms with Gasteiger partial charge in [0, 0.05) is 0 Å². The Bertz CT molecular complexity index is 331. The van der Waals surface area contributed by atoms with Crippen molar-refractivity contribution >= 4 is 20.9 Å². The predicted octanol–water partition coefficient (Wildman–Crippen LogP) is -1.52. The molecule has 16 heavy (non-hydrogen) atoms. The summed E-state index contributed by atoms with van der Waals surface area (Å²) in [7, 11) is -0.206. The molecular weight excluding hydrogens is 208 g/mol. The van der Waals surface area contributed by atoms with Crippen LogP contribution < -0.4 is 5.73 Å². The van der Waals surface area contributed by atoms with Crippen LogP contribution in [-0.4, -0.2) is 42.1 Å². The van der Waals surface area contributed by atoms with Crippen molar-refractivity contribution < 1.29 is 19.9 Å². The van der Waals surface area contributed by atoms with Crippen molar-refractivity contribution in [2.45, 2.75) is 24.2 Å². The van der Waals surface area contributed by atoms with Crippen molar-refractivity contribution in [2.75, 3.05) is 0 Å². The maximum absolute atomic E-state index is 10.7. The number of allylic oxidation sites excluding steroid dienone is 4. The molecule has 1 aliphatic carbocycles. The summed E-state index contributed by atoms with van der Waals surface area (Å²) in [6.45, 7) is 0. The van der Waals surface area contributed by atoms with Crippen LogP contribution in [0.1, 0.15) is 12.8 Å². The summed E-state index contributed by atoms with van der Waals surface area (Å²) in [5, 5.41) is 26.4. The van der Waals surface area contributed by atoms with E-state index < -0.39 is 17.3 Å². The van der Waals surface area contributed by atoms with Gasteiger partial charge in [-0.2, -0.15) is 0 Å². The second-order valence-corrected chi connectivity index (χ2v) is 4.14. The van der Waals surface area contributed by atoms with Crippen LogP contribution in [-0.2, 0) is 4.79 Å². The zero-order chi connectivity index (χ0) is 12.2. The number of carbonyl (C=O) groups is 1. The van der Waals surface area contributed by atoms with Gasteiger partial charge in [-0.3, -0.25) is 4.79 Å². The fourth-order valence-corrected chi connectivity index (χ4v) is 1.73. The Morgan fingerprint density at radius 2 is 2.31 bits per heavy atom. The lowest BCUT2D eigenvalue weighted by molar-refractivity contribution is -0.138. The van der Waals surface area contributed by atoms with Gasteiger partial charge < -0.3 is 20.9 Å². The Balaban J connectivity index is 2.72. The highest BCUT2D eigenvalue weighted by molar-refractivity contribution is 6.38. The van der Waals surface area contributed by atoms with E-state index in [2.05, 4.69) is 0 Å². The first-order valence-corrected chi connectivity index (χ1v) is 5.11. The van der Waals surface area contributed by atoms with Crippen molar-refractivity contribution in [1.82, 2.24) is 0 Å². The van der Waals surface area contributed by atoms with Gasteiger partial charge in [0.1, 0.15) is 6.04 Å². The highest BCUT2D eigenvalue weighted by Gasteiger charge is 2.33. The maximum Gasteiger partial charge on any atom is 0.320 e. The van der Waals surface area contributed by atoms with E-state index in [1.165, 1.54) is 0 Å². The van der Waals surface area contributed by atoms with Crippen molar-refractivity contribution in [3.63, 3.8) is 0 Å². The second kappa shape index (κ2) is 5.34. The molecule has 2 unspecified atom stereocenters. The molecule has 0 aromatic heterocycles. The molecule has 2 atom stereocenters. The minimum Gasteiger partial charge on any atom is -0.480 e. The van der Waals surface area contributed by atoms with Crippen molar-refractivity contribution in [2.24, 2.45) is 5.73 Å². The van der Waals surface area contributed by atoms with Gasteiger partial charge in [0.25, 0.3) is 7.48 Å². The summed E-state index contributed by atoms with van der Waals surface area (Å²) in [5.74, 6) is -1.07. The van der Waals surface area contributed by atoms with Crippen LogP contribution in [0.15, 0.2) is 23.7 Å². The van der Waals surface area contributed by atoms with E-state index in [-0.39, 0.29) is 21.4 Å². The van der Waals surface area contributed by atoms with Crippen LogP contribution in [0.25, 0.3) is 0 Å². The molecule has 0 aromatic rings. The lowest BCUT2D eigenvalue weighted by atomic mass is 9.56. The summed E-state index contributed by atoms with van der Waals surface area (Å²) >= 11 is 0. The van der Waals surface area contributed by atoms with Crippen molar-refractivity contribution in [3.8, 4) is 0 Å². The predicted molar refractivity (Wildman–Crippen MR) is 63.5 cm³/mol. The van der Waals surface area contributed by atoms with E-state index >= 15 is 0 Å². The summed E-state index contributed by atoms with van der Waals surface area (Å²) in [6.07, 6.45) is 5.92. The third kappa shape index (κ3) is 2.98. The summed E-state index contributed by atoms with van der Waals surface area (Å²) < 4.78 is 0. The van der Waals surface area contributed by atoms with Crippen LogP contribution in [0.2, 0.25) is 5.31 Å². The van der Waals surface area contributed by atoms with E-state index in [0.29, 0.717) is 6.42 Å². The van der Waals surface area contributed by atoms with Gasteiger partial charge in [-0.25, -0.2) is 0 Å². The van der Waals surface area contributed by atoms with Gasteiger partial charge in [0.15, 0.2) is 0 Å². The van der Waals surface area contributed by atoms with Gasteiger partial charge in [-0.1, -0.05) is 23.7 Å². The fourth-order valence-electron chi connectivity index (χ4n) is 1.73. The molecular formula is C9H15B2NO4. The van der Waals surface area contributed by atoms with Crippen molar-refractivity contribution in [3.05, 3.63) is 23.7 Å². The van der Waals surface area contributed by atoms with E-state index in [0.717, 1.165) is 5.47 Å². The molecule has 0 radical (unpaired) electrons. The number of rotatable bonds is 5. The lowest BCUT2D eigenvalue weighted by Gasteiger charge is -2.30.